The fourth-order valence-corrected chi connectivity index (χ4v) is 2.20. The molecule has 1 aromatic heterocycles. The van der Waals surface area contributed by atoms with Crippen LogP contribution in [0.15, 0.2) is 21.3 Å². The van der Waals surface area contributed by atoms with Gasteiger partial charge in [0.25, 0.3) is 0 Å². The van der Waals surface area contributed by atoms with Gasteiger partial charge in [-0.1, -0.05) is 0 Å². The van der Waals surface area contributed by atoms with Gasteiger partial charge < -0.3 is 19.4 Å². The molecule has 1 N–H and O–H groups in total. The normalized spacial score (nSPS) is 17.6. The van der Waals surface area contributed by atoms with Crippen LogP contribution < -0.4 is 15.7 Å². The summed E-state index contributed by atoms with van der Waals surface area (Å²) in [6, 6.07) is 2.93. The monoisotopic (exact) mass is 294 g/mol. The van der Waals surface area contributed by atoms with Crippen molar-refractivity contribution in [1.29, 1.82) is 0 Å². The summed E-state index contributed by atoms with van der Waals surface area (Å²) in [6.07, 6.45) is 0.526. The van der Waals surface area contributed by atoms with E-state index in [0.29, 0.717) is 31.0 Å². The first-order valence-corrected chi connectivity index (χ1v) is 6.74. The lowest BCUT2D eigenvalue weighted by molar-refractivity contribution is -0.131. The van der Waals surface area contributed by atoms with Crippen LogP contribution >= 0.6 is 0 Å². The number of likely N-dealkylation sites (tertiary alicyclic amines) is 1. The third-order valence-electron chi connectivity index (χ3n) is 3.16. The third-order valence-corrected chi connectivity index (χ3v) is 3.16. The van der Waals surface area contributed by atoms with Gasteiger partial charge >= 0.3 is 5.63 Å². The molecule has 0 radical (unpaired) electrons. The van der Waals surface area contributed by atoms with E-state index < -0.39 is 5.63 Å². The summed E-state index contributed by atoms with van der Waals surface area (Å²) in [5, 5.41) is 2.48. The predicted octanol–water partition coefficient (Wildman–Crippen LogP) is 0.0640. The van der Waals surface area contributed by atoms with E-state index in [1.165, 1.54) is 13.0 Å². The summed E-state index contributed by atoms with van der Waals surface area (Å²) in [5.74, 6) is 0.556. The van der Waals surface area contributed by atoms with Gasteiger partial charge in [-0.3, -0.25) is 9.59 Å². The van der Waals surface area contributed by atoms with Crippen LogP contribution in [-0.2, 0) is 9.59 Å². The number of aryl methyl sites for hydroxylation is 1. The summed E-state index contributed by atoms with van der Waals surface area (Å²) in [5.41, 5.74) is -0.457. The standard InChI is InChI=1S/C14H18N2O5/c1-9-5-12(6-14(19)20-9)21-11-3-4-16(8-11)13(18)7-15-10(2)17/h5-6,11H,3-4,7-8H2,1-2H3,(H,15,17)/t11-/m1/s1. The summed E-state index contributed by atoms with van der Waals surface area (Å²) in [7, 11) is 0. The average molecular weight is 294 g/mol. The van der Waals surface area contributed by atoms with Crippen LogP contribution in [0.2, 0.25) is 0 Å². The summed E-state index contributed by atoms with van der Waals surface area (Å²) in [4.78, 5) is 35.5. The van der Waals surface area contributed by atoms with Gasteiger partial charge in [0.15, 0.2) is 0 Å². The predicted molar refractivity (Wildman–Crippen MR) is 74.0 cm³/mol. The van der Waals surface area contributed by atoms with Crippen LogP contribution in [0, 0.1) is 6.92 Å². The Hall–Kier alpha value is -2.31. The molecular formula is C14H18N2O5. The molecule has 2 amide bonds. The SMILES string of the molecule is CC(=O)NCC(=O)N1CC[C@@H](Oc2cc(C)oc(=O)c2)C1. The number of amides is 2. The molecule has 1 aliphatic heterocycles. The first-order chi connectivity index (χ1) is 9.94. The van der Waals surface area contributed by atoms with Crippen molar-refractivity contribution < 1.29 is 18.7 Å². The molecule has 0 unspecified atom stereocenters. The van der Waals surface area contributed by atoms with Crippen molar-refractivity contribution in [3.63, 3.8) is 0 Å². The molecule has 1 aliphatic rings. The summed E-state index contributed by atoms with van der Waals surface area (Å²) >= 11 is 0. The minimum Gasteiger partial charge on any atom is -0.488 e. The first kappa shape index (κ1) is 15.1. The fraction of sp³-hybridized carbons (Fsp3) is 0.500. The molecule has 1 saturated heterocycles. The van der Waals surface area contributed by atoms with Crippen molar-refractivity contribution in [2.24, 2.45) is 0 Å². The first-order valence-electron chi connectivity index (χ1n) is 6.74. The van der Waals surface area contributed by atoms with E-state index in [0.717, 1.165) is 0 Å². The van der Waals surface area contributed by atoms with Crippen molar-refractivity contribution in [1.82, 2.24) is 10.2 Å². The smallest absolute Gasteiger partial charge is 0.339 e. The maximum atomic E-state index is 11.8. The molecule has 0 saturated carbocycles. The molecule has 21 heavy (non-hydrogen) atoms. The van der Waals surface area contributed by atoms with Gasteiger partial charge in [0, 0.05) is 26.0 Å². The van der Waals surface area contributed by atoms with E-state index >= 15 is 0 Å². The van der Waals surface area contributed by atoms with Gasteiger partial charge in [-0.05, 0) is 6.92 Å². The summed E-state index contributed by atoms with van der Waals surface area (Å²) < 4.78 is 10.6. The Morgan fingerprint density at radius 2 is 2.24 bits per heavy atom. The Labute approximate surface area is 121 Å². The van der Waals surface area contributed by atoms with Crippen LogP contribution in [0.1, 0.15) is 19.1 Å². The molecular weight excluding hydrogens is 276 g/mol. The largest absolute Gasteiger partial charge is 0.488 e. The number of carbonyl (C=O) groups excluding carboxylic acids is 2. The Morgan fingerprint density at radius 1 is 1.48 bits per heavy atom. The Morgan fingerprint density at radius 3 is 2.90 bits per heavy atom. The Balaban J connectivity index is 1.89. The number of hydrogen-bond acceptors (Lipinski definition) is 5. The number of carbonyl (C=O) groups is 2. The molecule has 1 aromatic rings. The molecule has 7 nitrogen and oxygen atoms in total. The van der Waals surface area contributed by atoms with Crippen LogP contribution in [0.3, 0.4) is 0 Å². The highest BCUT2D eigenvalue weighted by atomic mass is 16.5. The van der Waals surface area contributed by atoms with E-state index in [9.17, 15) is 14.4 Å². The number of ether oxygens (including phenoxy) is 1. The summed E-state index contributed by atoms with van der Waals surface area (Å²) in [6.45, 7) is 4.05. The van der Waals surface area contributed by atoms with Crippen LogP contribution in [0.5, 0.6) is 5.75 Å². The van der Waals surface area contributed by atoms with Gasteiger partial charge in [-0.25, -0.2) is 4.79 Å². The van der Waals surface area contributed by atoms with E-state index in [1.807, 2.05) is 0 Å². The van der Waals surface area contributed by atoms with Gasteiger partial charge in [0.2, 0.25) is 11.8 Å². The fourth-order valence-electron chi connectivity index (χ4n) is 2.20. The molecule has 1 atom stereocenters. The zero-order valence-electron chi connectivity index (χ0n) is 12.0. The molecule has 0 aromatic carbocycles. The minimum absolute atomic E-state index is 0.00388. The van der Waals surface area contributed by atoms with E-state index in [-0.39, 0.29) is 24.5 Å². The highest BCUT2D eigenvalue weighted by Crippen LogP contribution is 2.18. The number of hydrogen-bond donors (Lipinski definition) is 1. The number of nitrogens with zero attached hydrogens (tertiary/aromatic N) is 1. The quantitative estimate of drug-likeness (QED) is 0.848. The second-order valence-electron chi connectivity index (χ2n) is 5.00. The molecule has 1 fully saturated rings. The van der Waals surface area contributed by atoms with Crippen molar-refractivity contribution in [2.75, 3.05) is 19.6 Å². The second-order valence-corrected chi connectivity index (χ2v) is 5.00. The molecule has 0 aliphatic carbocycles. The maximum absolute atomic E-state index is 11.8. The zero-order chi connectivity index (χ0) is 15.4. The third kappa shape index (κ3) is 4.34. The zero-order valence-corrected chi connectivity index (χ0v) is 12.0. The lowest BCUT2D eigenvalue weighted by Gasteiger charge is -2.17. The van der Waals surface area contributed by atoms with E-state index in [4.69, 9.17) is 9.15 Å². The Kier molecular flexibility index (Phi) is 4.62. The highest BCUT2D eigenvalue weighted by Gasteiger charge is 2.27. The molecule has 7 heteroatoms. The van der Waals surface area contributed by atoms with Crippen molar-refractivity contribution in [2.45, 2.75) is 26.4 Å². The van der Waals surface area contributed by atoms with Crippen LogP contribution in [0.25, 0.3) is 0 Å². The topological polar surface area (TPSA) is 88.8 Å². The molecule has 0 bridgehead atoms. The van der Waals surface area contributed by atoms with Crippen molar-refractivity contribution in [3.05, 3.63) is 28.3 Å². The van der Waals surface area contributed by atoms with Gasteiger partial charge in [0.1, 0.15) is 17.6 Å². The van der Waals surface area contributed by atoms with Crippen molar-refractivity contribution >= 4 is 11.8 Å². The van der Waals surface area contributed by atoms with E-state index in [1.54, 1.807) is 17.9 Å². The van der Waals surface area contributed by atoms with Crippen LogP contribution in [0.4, 0.5) is 0 Å². The van der Waals surface area contributed by atoms with Gasteiger partial charge in [-0.15, -0.1) is 0 Å². The van der Waals surface area contributed by atoms with Crippen molar-refractivity contribution in [3.8, 4) is 5.75 Å². The maximum Gasteiger partial charge on any atom is 0.339 e. The number of rotatable bonds is 4. The molecule has 114 valence electrons. The van der Waals surface area contributed by atoms with Crippen LogP contribution in [-0.4, -0.2) is 42.5 Å². The average Bonchev–Trinajstić information content (AvgIpc) is 2.83. The molecule has 2 heterocycles. The minimum atomic E-state index is -0.457. The lowest BCUT2D eigenvalue weighted by atomic mass is 10.3. The molecule has 2 rings (SSSR count). The second kappa shape index (κ2) is 6.43. The van der Waals surface area contributed by atoms with Gasteiger partial charge in [-0.2, -0.15) is 0 Å². The molecule has 0 spiro atoms. The van der Waals surface area contributed by atoms with E-state index in [2.05, 4.69) is 5.32 Å². The lowest BCUT2D eigenvalue weighted by Crippen LogP contribution is -2.39. The Bertz CT molecular complexity index is 595. The highest BCUT2D eigenvalue weighted by molar-refractivity contribution is 5.83. The van der Waals surface area contributed by atoms with Gasteiger partial charge in [0.05, 0.1) is 19.2 Å². The number of nitrogens with one attached hydrogen (secondary N) is 1.